The molecule has 4 fully saturated rings. The van der Waals surface area contributed by atoms with E-state index in [1.54, 1.807) is 80.6 Å². The van der Waals surface area contributed by atoms with E-state index in [0.717, 1.165) is 29.1 Å². The molecule has 140 valence electrons. The van der Waals surface area contributed by atoms with E-state index in [0.29, 0.717) is 11.5 Å². The topological polar surface area (TPSA) is 40.5 Å². The second-order valence-electron chi connectivity index (χ2n) is 8.72. The minimum Gasteiger partial charge on any atom is -0.508 e. The number of hydrogen-bond donors (Lipinski definition) is 2. The second-order valence-corrected chi connectivity index (χ2v) is 8.72. The van der Waals surface area contributed by atoms with E-state index in [4.69, 9.17) is 10.2 Å². The maximum absolute atomic E-state index is 8.63. The van der Waals surface area contributed by atoms with Gasteiger partial charge in [0.1, 0.15) is 11.5 Å². The molecular formula is C24H32O2. The summed E-state index contributed by atoms with van der Waals surface area (Å²) in [5.41, 5.74) is 0.759. The van der Waals surface area contributed by atoms with Gasteiger partial charge in [-0.05, 0) is 85.5 Å². The molecule has 0 saturated heterocycles. The molecule has 0 aromatic heterocycles. The Balaban J connectivity index is 0.000000122. The molecule has 0 spiro atoms. The van der Waals surface area contributed by atoms with Crippen molar-refractivity contribution >= 4 is 0 Å². The highest BCUT2D eigenvalue weighted by Crippen LogP contribution is 2.62. The number of para-hydroxylation sites is 2. The number of rotatable bonds is 0. The van der Waals surface area contributed by atoms with Crippen LogP contribution >= 0.6 is 0 Å². The van der Waals surface area contributed by atoms with Crippen molar-refractivity contribution in [2.45, 2.75) is 46.0 Å². The van der Waals surface area contributed by atoms with Crippen LogP contribution in [0.2, 0.25) is 0 Å². The van der Waals surface area contributed by atoms with E-state index in [1.165, 1.54) is 0 Å². The molecule has 2 N–H and O–H groups in total. The fourth-order valence-corrected chi connectivity index (χ4v) is 5.56. The van der Waals surface area contributed by atoms with Crippen LogP contribution in [0, 0.1) is 29.1 Å². The zero-order valence-electron chi connectivity index (χ0n) is 16.0. The van der Waals surface area contributed by atoms with Crippen LogP contribution in [0.25, 0.3) is 0 Å². The van der Waals surface area contributed by atoms with Crippen LogP contribution in [0.1, 0.15) is 46.0 Å². The van der Waals surface area contributed by atoms with Crippen molar-refractivity contribution < 1.29 is 10.2 Å². The lowest BCUT2D eigenvalue weighted by atomic mass is 9.46. The van der Waals surface area contributed by atoms with Gasteiger partial charge in [-0.1, -0.05) is 50.2 Å². The SMILES string of the molecule is CC1C2CC3CC(C2)CC1(C)C3.Oc1ccccc1.Oc1ccccc1. The molecule has 4 saturated carbocycles. The third-order valence-electron chi connectivity index (χ3n) is 6.77. The fourth-order valence-electron chi connectivity index (χ4n) is 5.56. The summed E-state index contributed by atoms with van der Waals surface area (Å²) in [5, 5.41) is 17.3. The molecule has 3 unspecified atom stereocenters. The van der Waals surface area contributed by atoms with Gasteiger partial charge in [-0.25, -0.2) is 0 Å². The van der Waals surface area contributed by atoms with Crippen LogP contribution in [-0.4, -0.2) is 10.2 Å². The van der Waals surface area contributed by atoms with Crippen LogP contribution in [0.5, 0.6) is 11.5 Å². The van der Waals surface area contributed by atoms with E-state index in [-0.39, 0.29) is 0 Å². The molecule has 2 aromatic carbocycles. The van der Waals surface area contributed by atoms with Gasteiger partial charge in [0.05, 0.1) is 0 Å². The molecule has 2 aromatic rings. The molecule has 2 nitrogen and oxygen atoms in total. The van der Waals surface area contributed by atoms with Gasteiger partial charge < -0.3 is 10.2 Å². The van der Waals surface area contributed by atoms with Crippen molar-refractivity contribution in [1.29, 1.82) is 0 Å². The number of phenolic OH excluding ortho intramolecular Hbond substituents is 2. The molecule has 0 amide bonds. The van der Waals surface area contributed by atoms with Crippen LogP contribution in [0.4, 0.5) is 0 Å². The smallest absolute Gasteiger partial charge is 0.115 e. The molecular weight excluding hydrogens is 320 g/mol. The molecule has 3 atom stereocenters. The average molecular weight is 353 g/mol. The summed E-state index contributed by atoms with van der Waals surface area (Å²) in [4.78, 5) is 0. The molecule has 26 heavy (non-hydrogen) atoms. The zero-order chi connectivity index (χ0) is 18.6. The Morgan fingerprint density at radius 1 is 0.731 bits per heavy atom. The summed E-state index contributed by atoms with van der Waals surface area (Å²) in [6.45, 7) is 5.07. The Bertz CT molecular complexity index is 616. The highest BCUT2D eigenvalue weighted by Gasteiger charge is 2.52. The lowest BCUT2D eigenvalue weighted by molar-refractivity contribution is -0.0906. The number of phenols is 2. The summed E-state index contributed by atoms with van der Waals surface area (Å²) in [5.74, 6) is 5.05. The molecule has 0 heterocycles. The molecule has 4 aliphatic rings. The predicted octanol–water partition coefficient (Wildman–Crippen LogP) is 6.25. The van der Waals surface area contributed by atoms with Gasteiger partial charge in [0.25, 0.3) is 0 Å². The van der Waals surface area contributed by atoms with Gasteiger partial charge in [-0.15, -0.1) is 0 Å². The Morgan fingerprint density at radius 3 is 1.46 bits per heavy atom. The first-order valence-corrected chi connectivity index (χ1v) is 9.94. The maximum atomic E-state index is 8.63. The first-order chi connectivity index (χ1) is 12.5. The maximum Gasteiger partial charge on any atom is 0.115 e. The molecule has 0 aliphatic heterocycles. The van der Waals surface area contributed by atoms with E-state index in [2.05, 4.69) is 13.8 Å². The van der Waals surface area contributed by atoms with Gasteiger partial charge >= 0.3 is 0 Å². The van der Waals surface area contributed by atoms with E-state index < -0.39 is 0 Å². The highest BCUT2D eigenvalue weighted by molar-refractivity contribution is 5.19. The van der Waals surface area contributed by atoms with Crippen LogP contribution in [0.15, 0.2) is 60.7 Å². The number of hydrogen-bond acceptors (Lipinski definition) is 2. The Labute approximate surface area is 157 Å². The largest absolute Gasteiger partial charge is 0.508 e. The summed E-state index contributed by atoms with van der Waals surface area (Å²) in [7, 11) is 0. The molecule has 2 heteroatoms. The quantitative estimate of drug-likeness (QED) is 0.588. The Kier molecular flexibility index (Phi) is 5.90. The third-order valence-corrected chi connectivity index (χ3v) is 6.77. The zero-order valence-corrected chi connectivity index (χ0v) is 16.0. The standard InChI is InChI=1S/C12H20.2C6H6O/c1-8-11-4-9-3-10(5-11)7-12(8,2)6-9;2*7-6-4-2-1-3-5-6/h8-11H,3-7H2,1-2H3;2*1-5,7H. The first kappa shape index (κ1) is 18.8. The Hall–Kier alpha value is -1.96. The van der Waals surface area contributed by atoms with Crippen LogP contribution in [0.3, 0.4) is 0 Å². The van der Waals surface area contributed by atoms with Crippen molar-refractivity contribution in [1.82, 2.24) is 0 Å². The molecule has 0 radical (unpaired) electrons. The van der Waals surface area contributed by atoms with Crippen LogP contribution < -0.4 is 0 Å². The van der Waals surface area contributed by atoms with Crippen molar-refractivity contribution in [3.63, 3.8) is 0 Å². The summed E-state index contributed by atoms with van der Waals surface area (Å²) in [6, 6.07) is 17.4. The van der Waals surface area contributed by atoms with Crippen molar-refractivity contribution in [2.75, 3.05) is 0 Å². The van der Waals surface area contributed by atoms with E-state index in [9.17, 15) is 0 Å². The molecule has 6 rings (SSSR count). The lowest BCUT2D eigenvalue weighted by Gasteiger charge is -2.59. The summed E-state index contributed by atoms with van der Waals surface area (Å²) < 4.78 is 0. The number of benzene rings is 2. The normalized spacial score (nSPS) is 33.5. The van der Waals surface area contributed by atoms with E-state index in [1.807, 2.05) is 12.1 Å². The average Bonchev–Trinajstić information content (AvgIpc) is 2.61. The predicted molar refractivity (Wildman–Crippen MR) is 107 cm³/mol. The van der Waals surface area contributed by atoms with Gasteiger partial charge in [0.15, 0.2) is 0 Å². The second kappa shape index (κ2) is 8.16. The van der Waals surface area contributed by atoms with Crippen LogP contribution in [-0.2, 0) is 0 Å². The summed E-state index contributed by atoms with van der Waals surface area (Å²) in [6.07, 6.45) is 7.85. The molecule has 4 bridgehead atoms. The van der Waals surface area contributed by atoms with E-state index >= 15 is 0 Å². The molecule has 4 aliphatic carbocycles. The van der Waals surface area contributed by atoms with Crippen molar-refractivity contribution in [2.24, 2.45) is 29.1 Å². The third kappa shape index (κ3) is 4.60. The van der Waals surface area contributed by atoms with Gasteiger partial charge in [0, 0.05) is 0 Å². The number of aromatic hydroxyl groups is 2. The Morgan fingerprint density at radius 2 is 1.15 bits per heavy atom. The van der Waals surface area contributed by atoms with Gasteiger partial charge in [0.2, 0.25) is 0 Å². The highest BCUT2D eigenvalue weighted by atomic mass is 16.3. The lowest BCUT2D eigenvalue weighted by Crippen LogP contribution is -2.50. The monoisotopic (exact) mass is 352 g/mol. The minimum absolute atomic E-state index is 0.322. The van der Waals surface area contributed by atoms with Crippen molar-refractivity contribution in [3.05, 3.63) is 60.7 Å². The first-order valence-electron chi connectivity index (χ1n) is 9.94. The van der Waals surface area contributed by atoms with Gasteiger partial charge in [-0.3, -0.25) is 0 Å². The van der Waals surface area contributed by atoms with Crippen molar-refractivity contribution in [3.8, 4) is 11.5 Å². The minimum atomic E-state index is 0.322. The fraction of sp³-hybridized carbons (Fsp3) is 0.500. The van der Waals surface area contributed by atoms with Gasteiger partial charge in [-0.2, -0.15) is 0 Å². The summed E-state index contributed by atoms with van der Waals surface area (Å²) >= 11 is 0.